The van der Waals surface area contributed by atoms with Crippen molar-refractivity contribution in [3.63, 3.8) is 0 Å². The number of aromatic nitrogens is 3. The number of carbonyl (C=O) groups excluding carboxylic acids is 1. The Morgan fingerprint density at radius 3 is 2.86 bits per heavy atom. The van der Waals surface area contributed by atoms with Crippen molar-refractivity contribution in [2.75, 3.05) is 19.0 Å². The molecule has 1 heterocycles. The number of nitrogens with two attached hydrogens (primary N) is 1. The summed E-state index contributed by atoms with van der Waals surface area (Å²) < 4.78 is 4.90. The molecule has 0 fully saturated rings. The van der Waals surface area contributed by atoms with Gasteiger partial charge in [-0.2, -0.15) is 5.10 Å². The SMILES string of the molecule is COCCC(N)C(=O)Nc1ccc(Sc2ncn[nH]2)cc1. The Balaban J connectivity index is 1.88. The van der Waals surface area contributed by atoms with E-state index < -0.39 is 6.04 Å². The van der Waals surface area contributed by atoms with Crippen LogP contribution in [0.5, 0.6) is 0 Å². The van der Waals surface area contributed by atoms with Crippen LogP contribution in [0.4, 0.5) is 5.69 Å². The quantitative estimate of drug-likeness (QED) is 0.711. The van der Waals surface area contributed by atoms with Crippen LogP contribution in [0, 0.1) is 0 Å². The van der Waals surface area contributed by atoms with Crippen LogP contribution in [0.3, 0.4) is 0 Å². The molecule has 1 amide bonds. The molecule has 1 unspecified atom stereocenters. The first kappa shape index (κ1) is 15.5. The van der Waals surface area contributed by atoms with Crippen LogP contribution in [0.2, 0.25) is 0 Å². The summed E-state index contributed by atoms with van der Waals surface area (Å²) in [4.78, 5) is 16.9. The van der Waals surface area contributed by atoms with Crippen molar-refractivity contribution >= 4 is 23.4 Å². The lowest BCUT2D eigenvalue weighted by Crippen LogP contribution is -2.36. The average Bonchev–Trinajstić information content (AvgIpc) is 2.99. The van der Waals surface area contributed by atoms with Crippen LogP contribution >= 0.6 is 11.8 Å². The molecule has 0 aliphatic heterocycles. The summed E-state index contributed by atoms with van der Waals surface area (Å²) in [6, 6.07) is 6.85. The number of H-pyrrole nitrogens is 1. The molecule has 0 saturated carbocycles. The van der Waals surface area contributed by atoms with Crippen LogP contribution in [-0.4, -0.2) is 40.8 Å². The van der Waals surface area contributed by atoms with Crippen molar-refractivity contribution in [1.29, 1.82) is 0 Å². The summed E-state index contributed by atoms with van der Waals surface area (Å²) in [6.45, 7) is 0.460. The van der Waals surface area contributed by atoms with Gasteiger partial charge in [0, 0.05) is 24.3 Å². The Hall–Kier alpha value is -1.90. The molecule has 0 aliphatic carbocycles. The van der Waals surface area contributed by atoms with Gasteiger partial charge in [0.2, 0.25) is 5.91 Å². The minimum Gasteiger partial charge on any atom is -0.385 e. The molecule has 1 atom stereocenters. The molecule has 112 valence electrons. The molecular weight excluding hydrogens is 290 g/mol. The number of aromatic amines is 1. The highest BCUT2D eigenvalue weighted by molar-refractivity contribution is 7.99. The van der Waals surface area contributed by atoms with E-state index in [-0.39, 0.29) is 5.91 Å². The zero-order valence-corrected chi connectivity index (χ0v) is 12.4. The van der Waals surface area contributed by atoms with Crippen molar-refractivity contribution in [3.05, 3.63) is 30.6 Å². The first-order valence-corrected chi connectivity index (χ1v) is 7.19. The predicted octanol–water partition coefficient (Wildman–Crippen LogP) is 1.26. The van der Waals surface area contributed by atoms with Crippen LogP contribution in [-0.2, 0) is 9.53 Å². The Kier molecular flexibility index (Phi) is 5.73. The molecule has 2 aromatic rings. The van der Waals surface area contributed by atoms with E-state index in [1.54, 1.807) is 7.11 Å². The number of nitrogens with one attached hydrogen (secondary N) is 2. The van der Waals surface area contributed by atoms with Gasteiger partial charge >= 0.3 is 0 Å². The standard InChI is InChI=1S/C13H17N5O2S/c1-20-7-6-11(14)12(19)17-9-2-4-10(5-3-9)21-13-15-8-16-18-13/h2-5,8,11H,6-7,14H2,1H3,(H,17,19)(H,15,16,18). The molecule has 7 nitrogen and oxygen atoms in total. The molecule has 0 bridgehead atoms. The summed E-state index contributed by atoms with van der Waals surface area (Å²) in [5.74, 6) is -0.220. The number of ether oxygens (including phenoxy) is 1. The number of anilines is 1. The highest BCUT2D eigenvalue weighted by atomic mass is 32.2. The van der Waals surface area contributed by atoms with Crippen LogP contribution in [0.15, 0.2) is 40.6 Å². The second-order valence-electron chi connectivity index (χ2n) is 4.29. The fourth-order valence-electron chi connectivity index (χ4n) is 1.57. The Morgan fingerprint density at radius 2 is 2.24 bits per heavy atom. The summed E-state index contributed by atoms with van der Waals surface area (Å²) in [7, 11) is 1.58. The van der Waals surface area contributed by atoms with E-state index in [0.717, 1.165) is 4.90 Å². The number of rotatable bonds is 7. The minimum absolute atomic E-state index is 0.220. The van der Waals surface area contributed by atoms with E-state index >= 15 is 0 Å². The van der Waals surface area contributed by atoms with Crippen LogP contribution in [0.1, 0.15) is 6.42 Å². The minimum atomic E-state index is -0.576. The highest BCUT2D eigenvalue weighted by Crippen LogP contribution is 2.25. The van der Waals surface area contributed by atoms with Crippen LogP contribution < -0.4 is 11.1 Å². The Bertz CT molecular complexity index is 558. The lowest BCUT2D eigenvalue weighted by Gasteiger charge is -2.11. The number of hydrogen-bond acceptors (Lipinski definition) is 6. The molecule has 0 saturated heterocycles. The number of methoxy groups -OCH3 is 1. The van der Waals surface area contributed by atoms with Gasteiger partial charge in [0.05, 0.1) is 6.04 Å². The second kappa shape index (κ2) is 7.77. The zero-order chi connectivity index (χ0) is 15.1. The monoisotopic (exact) mass is 307 g/mol. The van der Waals surface area contributed by atoms with E-state index in [1.165, 1.54) is 18.1 Å². The van der Waals surface area contributed by atoms with Gasteiger partial charge in [0.1, 0.15) is 6.33 Å². The van der Waals surface area contributed by atoms with Gasteiger partial charge < -0.3 is 15.8 Å². The maximum absolute atomic E-state index is 11.8. The Labute approximate surface area is 126 Å². The summed E-state index contributed by atoms with van der Waals surface area (Å²) in [6.07, 6.45) is 1.94. The smallest absolute Gasteiger partial charge is 0.241 e. The predicted molar refractivity (Wildman–Crippen MR) is 80.0 cm³/mol. The number of nitrogens with zero attached hydrogens (tertiary/aromatic N) is 2. The molecule has 0 spiro atoms. The van der Waals surface area contributed by atoms with E-state index in [4.69, 9.17) is 10.5 Å². The largest absolute Gasteiger partial charge is 0.385 e. The van der Waals surface area contributed by atoms with E-state index in [2.05, 4.69) is 20.5 Å². The van der Waals surface area contributed by atoms with Crippen molar-refractivity contribution in [3.8, 4) is 0 Å². The van der Waals surface area contributed by atoms with Gasteiger partial charge in [0.15, 0.2) is 5.16 Å². The molecule has 1 aromatic heterocycles. The maximum atomic E-state index is 11.8. The zero-order valence-electron chi connectivity index (χ0n) is 11.6. The maximum Gasteiger partial charge on any atom is 0.241 e. The summed E-state index contributed by atoms with van der Waals surface area (Å²) >= 11 is 1.46. The van der Waals surface area contributed by atoms with E-state index in [0.29, 0.717) is 23.9 Å². The Morgan fingerprint density at radius 1 is 1.48 bits per heavy atom. The molecular formula is C13H17N5O2S. The lowest BCUT2D eigenvalue weighted by molar-refractivity contribution is -0.117. The molecule has 1 aromatic carbocycles. The number of benzene rings is 1. The van der Waals surface area contributed by atoms with Gasteiger partial charge in [0.25, 0.3) is 0 Å². The molecule has 2 rings (SSSR count). The van der Waals surface area contributed by atoms with Crippen LogP contribution in [0.25, 0.3) is 0 Å². The summed E-state index contributed by atoms with van der Waals surface area (Å²) in [5.41, 5.74) is 6.46. The number of carbonyl (C=O) groups is 1. The molecule has 8 heteroatoms. The van der Waals surface area contributed by atoms with Gasteiger partial charge in [-0.15, -0.1) is 0 Å². The number of hydrogen-bond donors (Lipinski definition) is 3. The molecule has 21 heavy (non-hydrogen) atoms. The normalized spacial score (nSPS) is 12.1. The van der Waals surface area contributed by atoms with E-state index in [9.17, 15) is 4.79 Å². The molecule has 0 aliphatic rings. The van der Waals surface area contributed by atoms with Gasteiger partial charge in [-0.25, -0.2) is 4.98 Å². The fourth-order valence-corrected chi connectivity index (χ4v) is 2.27. The van der Waals surface area contributed by atoms with Crippen molar-refractivity contribution < 1.29 is 9.53 Å². The van der Waals surface area contributed by atoms with Gasteiger partial charge in [-0.05, 0) is 30.7 Å². The summed E-state index contributed by atoms with van der Waals surface area (Å²) in [5, 5.41) is 10.0. The first-order valence-electron chi connectivity index (χ1n) is 6.37. The third-order valence-electron chi connectivity index (χ3n) is 2.70. The van der Waals surface area contributed by atoms with Gasteiger partial charge in [-0.3, -0.25) is 9.89 Å². The first-order chi connectivity index (χ1) is 10.2. The van der Waals surface area contributed by atoms with E-state index in [1.807, 2.05) is 24.3 Å². The fraction of sp³-hybridized carbons (Fsp3) is 0.308. The molecule has 4 N–H and O–H groups in total. The highest BCUT2D eigenvalue weighted by Gasteiger charge is 2.13. The third-order valence-corrected chi connectivity index (χ3v) is 3.60. The van der Waals surface area contributed by atoms with Crippen molar-refractivity contribution in [1.82, 2.24) is 15.2 Å². The average molecular weight is 307 g/mol. The third kappa shape index (κ3) is 4.85. The second-order valence-corrected chi connectivity index (χ2v) is 5.36. The number of amides is 1. The van der Waals surface area contributed by atoms with Crippen molar-refractivity contribution in [2.45, 2.75) is 22.5 Å². The lowest BCUT2D eigenvalue weighted by atomic mass is 10.2. The van der Waals surface area contributed by atoms with Gasteiger partial charge in [-0.1, -0.05) is 11.8 Å². The topological polar surface area (TPSA) is 106 Å². The molecule has 0 radical (unpaired) electrons. The van der Waals surface area contributed by atoms with Crippen molar-refractivity contribution in [2.24, 2.45) is 5.73 Å².